The number of nitrogens with zero attached hydrogens (tertiary/aromatic N) is 2. The van der Waals surface area contributed by atoms with E-state index in [1.807, 2.05) is 37.3 Å². The fourth-order valence-corrected chi connectivity index (χ4v) is 13.6. The Hall–Kier alpha value is -7.40. The van der Waals surface area contributed by atoms with Crippen molar-refractivity contribution in [1.29, 1.82) is 0 Å². The maximum Gasteiger partial charge on any atom is 0.264 e. The van der Waals surface area contributed by atoms with Crippen molar-refractivity contribution >= 4 is 78.0 Å². The second kappa shape index (κ2) is 13.1. The lowest BCUT2D eigenvalue weighted by Gasteiger charge is -2.43. The summed E-state index contributed by atoms with van der Waals surface area (Å²) in [5.74, 6) is 0. The standard InChI is InChI=1S/C60H41BN2S/c1-36-31-37(2)56(38(3)32-36)39-29-30-51-54(33-39)62(40-17-6-4-7-18-40)52-27-16-28-53-57(52)61(51)59-58(63(53)41-19-8-5-9-20-41)46-34-45-44-23-12-15-26-49(44)60(50(45)35-55(46)64-59)47-24-13-10-21-42(47)43-22-11-14-25-48(43)60/h4-35H,1-3H3/i1D3. The quantitative estimate of drug-likeness (QED) is 0.164. The van der Waals surface area contributed by atoms with Gasteiger partial charge in [0.15, 0.2) is 0 Å². The number of aryl methyl sites for hydroxylation is 3. The van der Waals surface area contributed by atoms with E-state index in [0.717, 1.165) is 45.0 Å². The van der Waals surface area contributed by atoms with Crippen LogP contribution in [0.15, 0.2) is 194 Å². The van der Waals surface area contributed by atoms with Gasteiger partial charge in [0.05, 0.1) is 11.1 Å². The summed E-state index contributed by atoms with van der Waals surface area (Å²) in [6.07, 6.45) is 0. The minimum absolute atomic E-state index is 0.0493. The van der Waals surface area contributed by atoms with Gasteiger partial charge in [-0.3, -0.25) is 0 Å². The van der Waals surface area contributed by atoms with Gasteiger partial charge in [-0.05, 0) is 153 Å². The molecule has 10 aromatic rings. The minimum Gasteiger partial charge on any atom is -0.311 e. The molecule has 0 N–H and O–H groups in total. The second-order valence-corrected chi connectivity index (χ2v) is 18.9. The van der Waals surface area contributed by atoms with Gasteiger partial charge in [0.2, 0.25) is 0 Å². The van der Waals surface area contributed by atoms with Crippen molar-refractivity contribution in [3.8, 4) is 33.4 Å². The molecule has 300 valence electrons. The highest BCUT2D eigenvalue weighted by molar-refractivity contribution is 7.33. The second-order valence-electron chi connectivity index (χ2n) is 17.8. The predicted octanol–water partition coefficient (Wildman–Crippen LogP) is 13.9. The van der Waals surface area contributed by atoms with Crippen LogP contribution in [0.3, 0.4) is 0 Å². The van der Waals surface area contributed by atoms with Crippen LogP contribution in [0.2, 0.25) is 0 Å². The molecule has 1 spiro atoms. The van der Waals surface area contributed by atoms with Crippen LogP contribution < -0.4 is 25.5 Å². The Bertz CT molecular complexity index is 3680. The predicted molar refractivity (Wildman–Crippen MR) is 272 cm³/mol. The molecule has 4 heteroatoms. The van der Waals surface area contributed by atoms with Gasteiger partial charge in [-0.1, -0.05) is 145 Å². The van der Waals surface area contributed by atoms with Crippen LogP contribution in [0.1, 0.15) is 43.1 Å². The minimum atomic E-state index is -2.18. The smallest absolute Gasteiger partial charge is 0.264 e. The molecule has 3 heterocycles. The van der Waals surface area contributed by atoms with Crippen LogP contribution in [-0.4, -0.2) is 6.71 Å². The summed E-state index contributed by atoms with van der Waals surface area (Å²) in [5.41, 5.74) is 24.1. The number of hydrogen-bond donors (Lipinski definition) is 0. The van der Waals surface area contributed by atoms with Gasteiger partial charge in [0, 0.05) is 47.4 Å². The maximum absolute atomic E-state index is 8.19. The van der Waals surface area contributed by atoms with Crippen LogP contribution in [-0.2, 0) is 5.41 Å². The summed E-state index contributed by atoms with van der Waals surface area (Å²) in [7, 11) is 0. The molecule has 0 amide bonds. The molecule has 4 aliphatic rings. The molecule has 0 atom stereocenters. The molecule has 0 bridgehead atoms. The fourth-order valence-electron chi connectivity index (χ4n) is 12.3. The summed E-state index contributed by atoms with van der Waals surface area (Å²) in [6.45, 7) is 1.85. The molecule has 64 heavy (non-hydrogen) atoms. The molecule has 2 aliphatic carbocycles. The lowest BCUT2D eigenvalue weighted by atomic mass is 9.36. The van der Waals surface area contributed by atoms with E-state index in [0.29, 0.717) is 5.56 Å². The number of fused-ring (bicyclic) bond motifs is 16. The normalized spacial score (nSPS) is 15.1. The van der Waals surface area contributed by atoms with E-state index in [9.17, 15) is 0 Å². The number of hydrogen-bond acceptors (Lipinski definition) is 3. The average Bonchev–Trinajstić information content (AvgIpc) is 3.97. The van der Waals surface area contributed by atoms with Crippen molar-refractivity contribution in [2.24, 2.45) is 0 Å². The zero-order chi connectivity index (χ0) is 44.9. The lowest BCUT2D eigenvalue weighted by molar-refractivity contribution is 0.795. The largest absolute Gasteiger partial charge is 0.311 e. The van der Waals surface area contributed by atoms with Gasteiger partial charge in [-0.15, -0.1) is 11.3 Å². The van der Waals surface area contributed by atoms with E-state index in [1.54, 1.807) is 0 Å². The maximum atomic E-state index is 8.19. The van der Waals surface area contributed by atoms with Crippen LogP contribution in [0.4, 0.5) is 34.1 Å². The number of para-hydroxylation sites is 2. The Morgan fingerprint density at radius 2 is 1.06 bits per heavy atom. The van der Waals surface area contributed by atoms with Gasteiger partial charge in [-0.2, -0.15) is 0 Å². The Kier molecular flexibility index (Phi) is 6.78. The van der Waals surface area contributed by atoms with Gasteiger partial charge in [-0.25, -0.2) is 0 Å². The van der Waals surface area contributed by atoms with Crippen molar-refractivity contribution < 1.29 is 4.11 Å². The summed E-state index contributed by atoms with van der Waals surface area (Å²) in [6, 6.07) is 71.4. The van der Waals surface area contributed by atoms with E-state index in [-0.39, 0.29) is 6.71 Å². The van der Waals surface area contributed by atoms with E-state index >= 15 is 0 Å². The third kappa shape index (κ3) is 4.60. The summed E-state index contributed by atoms with van der Waals surface area (Å²) < 4.78 is 27.2. The highest BCUT2D eigenvalue weighted by atomic mass is 32.1. The van der Waals surface area contributed by atoms with E-state index < -0.39 is 12.3 Å². The van der Waals surface area contributed by atoms with Gasteiger partial charge in [0.25, 0.3) is 6.71 Å². The molecular formula is C60H41BN2S. The van der Waals surface area contributed by atoms with E-state index in [1.165, 1.54) is 81.7 Å². The fraction of sp³-hybridized carbons (Fsp3) is 0.0667. The molecule has 2 aliphatic heterocycles. The Labute approximate surface area is 382 Å². The zero-order valence-corrected chi connectivity index (χ0v) is 36.2. The first kappa shape index (κ1) is 33.2. The van der Waals surface area contributed by atoms with Crippen LogP contribution in [0.5, 0.6) is 0 Å². The van der Waals surface area contributed by atoms with Gasteiger partial charge >= 0.3 is 0 Å². The third-order valence-corrected chi connectivity index (χ3v) is 15.8. The summed E-state index contributed by atoms with van der Waals surface area (Å²) in [4.78, 5) is 4.98. The third-order valence-electron chi connectivity index (χ3n) is 14.6. The molecule has 0 saturated heterocycles. The first-order chi connectivity index (χ1) is 32.7. The van der Waals surface area contributed by atoms with Gasteiger partial charge < -0.3 is 9.80 Å². The molecule has 9 aromatic carbocycles. The summed E-state index contributed by atoms with van der Waals surface area (Å²) in [5, 5.41) is 1.26. The SMILES string of the molecule is [2H]C([2H])([2H])c1cc(C)c(-c2ccc3c(c2)N(c2ccccc2)c2cccc4c2B3c2sc3cc5c(cc3c2N4c2ccccc2)-c2ccccc2C52c3ccccc3-c3ccccc32)c(C)c1. The molecule has 0 radical (unpaired) electrons. The molecule has 2 nitrogen and oxygen atoms in total. The van der Waals surface area contributed by atoms with Crippen molar-refractivity contribution in [3.05, 3.63) is 233 Å². The highest BCUT2D eigenvalue weighted by Crippen LogP contribution is 2.64. The number of benzene rings is 9. The topological polar surface area (TPSA) is 6.48 Å². The van der Waals surface area contributed by atoms with Crippen molar-refractivity contribution in [2.75, 3.05) is 9.80 Å². The van der Waals surface area contributed by atoms with E-state index in [2.05, 4.69) is 192 Å². The number of anilines is 6. The van der Waals surface area contributed by atoms with Crippen molar-refractivity contribution in [2.45, 2.75) is 26.1 Å². The van der Waals surface area contributed by atoms with Crippen LogP contribution in [0, 0.1) is 20.7 Å². The zero-order valence-electron chi connectivity index (χ0n) is 38.4. The lowest BCUT2D eigenvalue weighted by Crippen LogP contribution is -2.60. The molecule has 1 aromatic heterocycles. The number of rotatable bonds is 3. The molecular weight excluding hydrogens is 792 g/mol. The molecule has 0 saturated carbocycles. The monoisotopic (exact) mass is 835 g/mol. The Balaban J connectivity index is 1.06. The van der Waals surface area contributed by atoms with Crippen LogP contribution >= 0.6 is 11.3 Å². The molecule has 0 unspecified atom stereocenters. The van der Waals surface area contributed by atoms with Crippen molar-refractivity contribution in [1.82, 2.24) is 0 Å². The van der Waals surface area contributed by atoms with Crippen molar-refractivity contribution in [3.63, 3.8) is 0 Å². The number of thiophene rings is 1. The van der Waals surface area contributed by atoms with Crippen LogP contribution in [0.25, 0.3) is 43.5 Å². The first-order valence-electron chi connectivity index (χ1n) is 23.7. The summed E-state index contributed by atoms with van der Waals surface area (Å²) >= 11 is 1.94. The Morgan fingerprint density at radius 1 is 0.500 bits per heavy atom. The first-order valence-corrected chi connectivity index (χ1v) is 23.0. The average molecular weight is 836 g/mol. The van der Waals surface area contributed by atoms with E-state index in [4.69, 9.17) is 4.11 Å². The highest BCUT2D eigenvalue weighted by Gasteiger charge is 2.52. The molecule has 0 fully saturated rings. The Morgan fingerprint density at radius 3 is 1.69 bits per heavy atom. The molecule has 14 rings (SSSR count). The van der Waals surface area contributed by atoms with Gasteiger partial charge in [0.1, 0.15) is 0 Å².